The standard InChI is InChI=1S/C11H17ClO2/c1-6(2)7-4-8-10(14-8)11(3,12)9(13)5-7/h7-10,13H,1,4-5H2,2-3H3/t7-,8?,9+,10?,11-/m1/s1. The number of hydrogen-bond acceptors (Lipinski definition) is 2. The second-order valence-electron chi connectivity index (χ2n) is 4.78. The summed E-state index contributed by atoms with van der Waals surface area (Å²) in [6.07, 6.45) is 1.44. The Morgan fingerprint density at radius 1 is 1.57 bits per heavy atom. The molecule has 1 saturated carbocycles. The van der Waals surface area contributed by atoms with Crippen LogP contribution in [0.2, 0.25) is 0 Å². The van der Waals surface area contributed by atoms with E-state index < -0.39 is 11.0 Å². The Balaban J connectivity index is 2.16. The number of alkyl halides is 1. The van der Waals surface area contributed by atoms with Crippen LogP contribution in [0, 0.1) is 5.92 Å². The van der Waals surface area contributed by atoms with Crippen LogP contribution >= 0.6 is 11.6 Å². The SMILES string of the molecule is C=C(C)[C@@H]1CC2OC2[C@](C)(Cl)[C@@H](O)C1. The minimum atomic E-state index is -0.616. The predicted molar refractivity (Wildman–Crippen MR) is 56.5 cm³/mol. The second kappa shape index (κ2) is 3.22. The van der Waals surface area contributed by atoms with Crippen molar-refractivity contribution < 1.29 is 9.84 Å². The minimum absolute atomic E-state index is 0.0310. The number of ether oxygens (including phenoxy) is 1. The number of allylic oxidation sites excluding steroid dienone is 1. The highest BCUT2D eigenvalue weighted by Crippen LogP contribution is 2.48. The van der Waals surface area contributed by atoms with Gasteiger partial charge in [-0.1, -0.05) is 12.2 Å². The van der Waals surface area contributed by atoms with Gasteiger partial charge in [-0.3, -0.25) is 0 Å². The van der Waals surface area contributed by atoms with Gasteiger partial charge in [0.05, 0.1) is 17.1 Å². The molecular weight excluding hydrogens is 200 g/mol. The first-order chi connectivity index (χ1) is 6.43. The number of aliphatic hydroxyl groups is 1. The van der Waals surface area contributed by atoms with Crippen LogP contribution in [-0.2, 0) is 4.74 Å². The van der Waals surface area contributed by atoms with E-state index in [0.717, 1.165) is 12.0 Å². The van der Waals surface area contributed by atoms with Crippen LogP contribution in [0.5, 0.6) is 0 Å². The lowest BCUT2D eigenvalue weighted by Crippen LogP contribution is -2.39. The molecule has 0 aromatic heterocycles. The Hall–Kier alpha value is -0.0500. The molecule has 0 amide bonds. The molecule has 0 bridgehead atoms. The molecular formula is C11H17ClO2. The van der Waals surface area contributed by atoms with Crippen LogP contribution in [0.4, 0.5) is 0 Å². The first-order valence-corrected chi connectivity index (χ1v) is 5.48. The lowest BCUT2D eigenvalue weighted by molar-refractivity contribution is 0.0914. The molecule has 2 rings (SSSR count). The van der Waals surface area contributed by atoms with Crippen LogP contribution in [-0.4, -0.2) is 28.3 Å². The van der Waals surface area contributed by atoms with Gasteiger partial charge in [-0.05, 0) is 32.6 Å². The van der Waals surface area contributed by atoms with Gasteiger partial charge >= 0.3 is 0 Å². The van der Waals surface area contributed by atoms with E-state index in [9.17, 15) is 5.11 Å². The maximum atomic E-state index is 9.98. The van der Waals surface area contributed by atoms with Crippen molar-refractivity contribution in [2.24, 2.45) is 5.92 Å². The molecule has 0 aromatic rings. The highest BCUT2D eigenvalue weighted by Gasteiger charge is 2.57. The van der Waals surface area contributed by atoms with Gasteiger partial charge in [0.15, 0.2) is 0 Å². The molecule has 0 aromatic carbocycles. The maximum Gasteiger partial charge on any atom is 0.106 e. The van der Waals surface area contributed by atoms with Crippen molar-refractivity contribution in [2.45, 2.75) is 49.9 Å². The summed E-state index contributed by atoms with van der Waals surface area (Å²) in [4.78, 5) is -0.616. The molecule has 2 unspecified atom stereocenters. The number of fused-ring (bicyclic) bond motifs is 1. The maximum absolute atomic E-state index is 9.98. The van der Waals surface area contributed by atoms with E-state index in [1.54, 1.807) is 0 Å². The van der Waals surface area contributed by atoms with Gasteiger partial charge in [0.25, 0.3) is 0 Å². The zero-order valence-corrected chi connectivity index (χ0v) is 9.42. The molecule has 0 spiro atoms. The van der Waals surface area contributed by atoms with Gasteiger partial charge in [0, 0.05) is 0 Å². The summed E-state index contributed by atoms with van der Waals surface area (Å²) in [5, 5.41) is 9.98. The van der Waals surface area contributed by atoms with Crippen molar-refractivity contribution in [3.05, 3.63) is 12.2 Å². The molecule has 2 nitrogen and oxygen atoms in total. The number of rotatable bonds is 1. The van der Waals surface area contributed by atoms with Crippen molar-refractivity contribution in [3.63, 3.8) is 0 Å². The Bertz CT molecular complexity index is 262. The van der Waals surface area contributed by atoms with Gasteiger partial charge in [-0.2, -0.15) is 0 Å². The van der Waals surface area contributed by atoms with Crippen molar-refractivity contribution in [1.29, 1.82) is 0 Å². The first kappa shape index (κ1) is 10.5. The summed E-state index contributed by atoms with van der Waals surface area (Å²) in [5.74, 6) is 0.348. The minimum Gasteiger partial charge on any atom is -0.391 e. The number of hydrogen-bond donors (Lipinski definition) is 1. The molecule has 2 aliphatic rings. The summed E-state index contributed by atoms with van der Waals surface area (Å²) in [5.41, 5.74) is 1.12. The smallest absolute Gasteiger partial charge is 0.106 e. The van der Waals surface area contributed by atoms with Crippen molar-refractivity contribution in [1.82, 2.24) is 0 Å². The Morgan fingerprint density at radius 2 is 2.21 bits per heavy atom. The largest absolute Gasteiger partial charge is 0.391 e. The zero-order chi connectivity index (χ0) is 10.5. The molecule has 14 heavy (non-hydrogen) atoms. The van der Waals surface area contributed by atoms with Crippen LogP contribution in [0.15, 0.2) is 12.2 Å². The molecule has 2 fully saturated rings. The molecule has 5 atom stereocenters. The molecule has 1 aliphatic heterocycles. The third kappa shape index (κ3) is 1.60. The summed E-state index contributed by atoms with van der Waals surface area (Å²) in [6.45, 7) is 7.82. The van der Waals surface area contributed by atoms with Crippen molar-refractivity contribution >= 4 is 11.6 Å². The van der Waals surface area contributed by atoms with Gasteiger partial charge < -0.3 is 9.84 Å². The van der Waals surface area contributed by atoms with Gasteiger partial charge in [0.1, 0.15) is 6.10 Å². The van der Waals surface area contributed by atoms with E-state index in [1.807, 2.05) is 13.8 Å². The molecule has 0 radical (unpaired) electrons. The Kier molecular flexibility index (Phi) is 2.41. The second-order valence-corrected chi connectivity index (χ2v) is 5.59. The van der Waals surface area contributed by atoms with Crippen LogP contribution in [0.1, 0.15) is 26.7 Å². The molecule has 80 valence electrons. The molecule has 1 N–H and O–H groups in total. The number of epoxide rings is 1. The highest BCUT2D eigenvalue weighted by molar-refractivity contribution is 6.24. The quantitative estimate of drug-likeness (QED) is 0.414. The summed E-state index contributed by atoms with van der Waals surface area (Å²) in [6, 6.07) is 0. The van der Waals surface area contributed by atoms with E-state index in [2.05, 4.69) is 6.58 Å². The molecule has 3 heteroatoms. The summed E-state index contributed by atoms with van der Waals surface area (Å²) >= 11 is 6.28. The van der Waals surface area contributed by atoms with Crippen LogP contribution < -0.4 is 0 Å². The van der Waals surface area contributed by atoms with E-state index in [-0.39, 0.29) is 12.2 Å². The normalized spacial score (nSPS) is 52.0. The average Bonchev–Trinajstić information content (AvgIpc) is 2.81. The summed E-state index contributed by atoms with van der Waals surface area (Å²) in [7, 11) is 0. The molecule has 1 heterocycles. The van der Waals surface area contributed by atoms with Crippen LogP contribution in [0.25, 0.3) is 0 Å². The van der Waals surface area contributed by atoms with Crippen molar-refractivity contribution in [2.75, 3.05) is 0 Å². The fraction of sp³-hybridized carbons (Fsp3) is 0.818. The lowest BCUT2D eigenvalue weighted by atomic mass is 9.91. The topological polar surface area (TPSA) is 32.8 Å². The van der Waals surface area contributed by atoms with E-state index in [4.69, 9.17) is 16.3 Å². The fourth-order valence-corrected chi connectivity index (χ4v) is 2.57. The number of aliphatic hydroxyl groups excluding tert-OH is 1. The van der Waals surface area contributed by atoms with E-state index in [0.29, 0.717) is 12.3 Å². The number of halogens is 1. The lowest BCUT2D eigenvalue weighted by Gasteiger charge is -2.27. The van der Waals surface area contributed by atoms with E-state index >= 15 is 0 Å². The molecule has 1 saturated heterocycles. The Morgan fingerprint density at radius 3 is 2.79 bits per heavy atom. The Labute approximate surface area is 89.9 Å². The predicted octanol–water partition coefficient (Wildman–Crippen LogP) is 2.10. The fourth-order valence-electron chi connectivity index (χ4n) is 2.29. The monoisotopic (exact) mass is 216 g/mol. The van der Waals surface area contributed by atoms with Gasteiger partial charge in [-0.25, -0.2) is 0 Å². The highest BCUT2D eigenvalue weighted by atomic mass is 35.5. The zero-order valence-electron chi connectivity index (χ0n) is 8.66. The average molecular weight is 217 g/mol. The van der Waals surface area contributed by atoms with Crippen molar-refractivity contribution in [3.8, 4) is 0 Å². The third-order valence-corrected chi connectivity index (χ3v) is 3.98. The first-order valence-electron chi connectivity index (χ1n) is 5.10. The van der Waals surface area contributed by atoms with Crippen LogP contribution in [0.3, 0.4) is 0 Å². The van der Waals surface area contributed by atoms with Gasteiger partial charge in [-0.15, -0.1) is 11.6 Å². The van der Waals surface area contributed by atoms with Gasteiger partial charge in [0.2, 0.25) is 0 Å². The van der Waals surface area contributed by atoms with E-state index in [1.165, 1.54) is 0 Å². The summed E-state index contributed by atoms with van der Waals surface area (Å²) < 4.78 is 5.49. The third-order valence-electron chi connectivity index (χ3n) is 3.51. The molecule has 1 aliphatic carbocycles.